The van der Waals surface area contributed by atoms with Gasteiger partial charge < -0.3 is 10.0 Å². The summed E-state index contributed by atoms with van der Waals surface area (Å²) < 4.78 is 3.78. The molecule has 1 heterocycles. The molecule has 5 nitrogen and oxygen atoms in total. The normalized spacial score (nSPS) is 12.2. The smallest absolute Gasteiger partial charge is 0.267 e. The number of hydrogen-bond acceptors (Lipinski definition) is 5. The van der Waals surface area contributed by atoms with E-state index in [4.69, 9.17) is 0 Å². The van der Waals surface area contributed by atoms with Gasteiger partial charge in [-0.25, -0.2) is 0 Å². The van der Waals surface area contributed by atoms with Gasteiger partial charge in [0.2, 0.25) is 0 Å². The van der Waals surface area contributed by atoms with Gasteiger partial charge in [0.1, 0.15) is 10.6 Å². The maximum Gasteiger partial charge on any atom is 0.267 e. The lowest BCUT2D eigenvalue weighted by Crippen LogP contribution is -2.29. The van der Waals surface area contributed by atoms with Gasteiger partial charge in [-0.15, -0.1) is 5.10 Å². The molecule has 0 spiro atoms. The number of carbonyl (C=O) groups is 1. The quantitative estimate of drug-likeness (QED) is 0.935. The summed E-state index contributed by atoms with van der Waals surface area (Å²) in [5.74, 6) is 0.125. The fraction of sp³-hybridized carbons (Fsp3) is 0.308. The summed E-state index contributed by atoms with van der Waals surface area (Å²) in [4.78, 5) is 14.5. The number of aromatic hydroxyl groups is 1. The average molecular weight is 277 g/mol. The number of amides is 1. The second-order valence-electron chi connectivity index (χ2n) is 4.37. The molecule has 100 valence electrons. The number of nitrogens with zero attached hydrogens (tertiary/aromatic N) is 3. The Morgan fingerprint density at radius 1 is 1.37 bits per heavy atom. The Kier molecular flexibility index (Phi) is 3.80. The van der Waals surface area contributed by atoms with Gasteiger partial charge in [0.15, 0.2) is 0 Å². The summed E-state index contributed by atoms with van der Waals surface area (Å²) >= 11 is 1.11. The Balaban J connectivity index is 2.19. The molecule has 1 aromatic heterocycles. The number of benzene rings is 1. The molecule has 1 N–H and O–H groups in total. The lowest BCUT2D eigenvalue weighted by atomic mass is 10.1. The van der Waals surface area contributed by atoms with E-state index in [1.54, 1.807) is 31.0 Å². The molecule has 0 saturated heterocycles. The third-order valence-corrected chi connectivity index (χ3v) is 3.94. The van der Waals surface area contributed by atoms with Crippen LogP contribution in [0.4, 0.5) is 0 Å². The summed E-state index contributed by atoms with van der Waals surface area (Å²) in [7, 11) is 1.75. The highest BCUT2D eigenvalue weighted by molar-refractivity contribution is 7.07. The number of aryl methyl sites for hydroxylation is 1. The lowest BCUT2D eigenvalue weighted by Gasteiger charge is -2.24. The molecular formula is C13H15N3O2S. The molecule has 0 aliphatic rings. The first-order valence-corrected chi connectivity index (χ1v) is 6.63. The predicted octanol–water partition coefficient (Wildman–Crippen LogP) is 2.39. The van der Waals surface area contributed by atoms with Gasteiger partial charge in [-0.3, -0.25) is 4.79 Å². The van der Waals surface area contributed by atoms with Gasteiger partial charge in [0, 0.05) is 7.05 Å². The standard InChI is InChI=1S/C13H15N3O2S/c1-8-12(19-15-14-8)13(18)16(3)9(2)10-4-6-11(17)7-5-10/h4-7,9,17H,1-3H3. The van der Waals surface area contributed by atoms with Gasteiger partial charge in [-0.05, 0) is 43.1 Å². The van der Waals surface area contributed by atoms with Crippen LogP contribution in [0.25, 0.3) is 0 Å². The fourth-order valence-corrected chi connectivity index (χ4v) is 2.38. The zero-order valence-electron chi connectivity index (χ0n) is 11.0. The van der Waals surface area contributed by atoms with E-state index in [0.717, 1.165) is 17.1 Å². The van der Waals surface area contributed by atoms with Crippen LogP contribution in [0.5, 0.6) is 5.75 Å². The van der Waals surface area contributed by atoms with Crippen LogP contribution in [-0.4, -0.2) is 32.5 Å². The second kappa shape index (κ2) is 5.36. The van der Waals surface area contributed by atoms with Crippen molar-refractivity contribution >= 4 is 17.4 Å². The highest BCUT2D eigenvalue weighted by Gasteiger charge is 2.22. The summed E-state index contributed by atoms with van der Waals surface area (Å²) in [5, 5.41) is 13.1. The molecule has 6 heteroatoms. The van der Waals surface area contributed by atoms with Crippen LogP contribution >= 0.6 is 11.5 Å². The second-order valence-corrected chi connectivity index (χ2v) is 5.13. The summed E-state index contributed by atoms with van der Waals surface area (Å²) in [6, 6.07) is 6.76. The third kappa shape index (κ3) is 2.73. The Hall–Kier alpha value is -1.95. The molecule has 1 aromatic carbocycles. The maximum atomic E-state index is 12.3. The largest absolute Gasteiger partial charge is 0.508 e. The number of aromatic nitrogens is 2. The molecule has 2 aromatic rings. The number of phenolic OH excluding ortho intramolecular Hbond substituents is 1. The van der Waals surface area contributed by atoms with E-state index in [0.29, 0.717) is 10.6 Å². The Morgan fingerprint density at radius 2 is 2.00 bits per heavy atom. The molecule has 2 rings (SSSR count). The van der Waals surface area contributed by atoms with E-state index in [9.17, 15) is 9.90 Å². The van der Waals surface area contributed by atoms with Crippen LogP contribution in [-0.2, 0) is 0 Å². The minimum absolute atomic E-state index is 0.0883. The number of carbonyl (C=O) groups excluding carboxylic acids is 1. The van der Waals surface area contributed by atoms with Crippen LogP contribution < -0.4 is 0 Å². The van der Waals surface area contributed by atoms with Gasteiger partial charge in [0.05, 0.1) is 11.7 Å². The van der Waals surface area contributed by atoms with Crippen molar-refractivity contribution in [3.63, 3.8) is 0 Å². The number of phenols is 1. The molecule has 0 fully saturated rings. The summed E-state index contributed by atoms with van der Waals surface area (Å²) in [5.41, 5.74) is 1.61. The van der Waals surface area contributed by atoms with Gasteiger partial charge in [-0.2, -0.15) is 0 Å². The molecular weight excluding hydrogens is 262 g/mol. The van der Waals surface area contributed by atoms with Crippen LogP contribution in [0.2, 0.25) is 0 Å². The average Bonchev–Trinajstić information content (AvgIpc) is 2.83. The predicted molar refractivity (Wildman–Crippen MR) is 73.3 cm³/mol. The molecule has 1 atom stereocenters. The van der Waals surface area contributed by atoms with E-state index >= 15 is 0 Å². The van der Waals surface area contributed by atoms with E-state index in [2.05, 4.69) is 9.59 Å². The molecule has 0 radical (unpaired) electrons. The van der Waals surface area contributed by atoms with Crippen LogP contribution in [0.1, 0.15) is 33.9 Å². The topological polar surface area (TPSA) is 66.3 Å². The molecule has 0 aliphatic carbocycles. The van der Waals surface area contributed by atoms with Crippen molar-refractivity contribution < 1.29 is 9.90 Å². The first-order valence-electron chi connectivity index (χ1n) is 5.85. The zero-order valence-corrected chi connectivity index (χ0v) is 11.8. The van der Waals surface area contributed by atoms with Gasteiger partial charge >= 0.3 is 0 Å². The molecule has 0 bridgehead atoms. The molecule has 0 saturated carbocycles. The van der Waals surface area contributed by atoms with E-state index in [1.807, 2.05) is 19.1 Å². The van der Waals surface area contributed by atoms with E-state index in [-0.39, 0.29) is 17.7 Å². The van der Waals surface area contributed by atoms with Crippen molar-refractivity contribution in [1.29, 1.82) is 0 Å². The number of hydrogen-bond donors (Lipinski definition) is 1. The minimum Gasteiger partial charge on any atom is -0.508 e. The molecule has 1 unspecified atom stereocenters. The fourth-order valence-electron chi connectivity index (χ4n) is 1.74. The molecule has 19 heavy (non-hydrogen) atoms. The van der Waals surface area contributed by atoms with Crippen molar-refractivity contribution in [2.75, 3.05) is 7.05 Å². The van der Waals surface area contributed by atoms with Gasteiger partial charge in [-0.1, -0.05) is 16.6 Å². The van der Waals surface area contributed by atoms with Crippen molar-refractivity contribution in [1.82, 2.24) is 14.5 Å². The van der Waals surface area contributed by atoms with E-state index in [1.165, 1.54) is 0 Å². The third-order valence-electron chi connectivity index (χ3n) is 3.12. The Bertz CT molecular complexity index is 580. The van der Waals surface area contributed by atoms with Crippen molar-refractivity contribution in [2.24, 2.45) is 0 Å². The number of rotatable bonds is 3. The maximum absolute atomic E-state index is 12.3. The molecule has 0 aliphatic heterocycles. The lowest BCUT2D eigenvalue weighted by molar-refractivity contribution is 0.0746. The van der Waals surface area contributed by atoms with Crippen LogP contribution in [0.15, 0.2) is 24.3 Å². The van der Waals surface area contributed by atoms with Crippen molar-refractivity contribution in [3.8, 4) is 5.75 Å². The highest BCUT2D eigenvalue weighted by Crippen LogP contribution is 2.23. The first-order chi connectivity index (χ1) is 9.00. The van der Waals surface area contributed by atoms with Crippen molar-refractivity contribution in [2.45, 2.75) is 19.9 Å². The van der Waals surface area contributed by atoms with Crippen molar-refractivity contribution in [3.05, 3.63) is 40.4 Å². The minimum atomic E-state index is -0.0897. The van der Waals surface area contributed by atoms with Crippen LogP contribution in [0.3, 0.4) is 0 Å². The SMILES string of the molecule is Cc1nnsc1C(=O)N(C)C(C)c1ccc(O)cc1. The van der Waals surface area contributed by atoms with Gasteiger partial charge in [0.25, 0.3) is 5.91 Å². The summed E-state index contributed by atoms with van der Waals surface area (Å²) in [6.45, 7) is 3.71. The highest BCUT2D eigenvalue weighted by atomic mass is 32.1. The van der Waals surface area contributed by atoms with Crippen LogP contribution in [0, 0.1) is 6.92 Å². The Labute approximate surface area is 115 Å². The monoisotopic (exact) mass is 277 g/mol. The summed E-state index contributed by atoms with van der Waals surface area (Å²) in [6.07, 6.45) is 0. The Morgan fingerprint density at radius 3 is 2.53 bits per heavy atom. The van der Waals surface area contributed by atoms with E-state index < -0.39 is 0 Å². The zero-order chi connectivity index (χ0) is 14.0. The molecule has 1 amide bonds. The first kappa shape index (κ1) is 13.5.